The first-order valence-electron chi connectivity index (χ1n) is 8.67. The second kappa shape index (κ2) is 8.64. The molecule has 0 atom stereocenters. The number of benzene rings is 2. The Bertz CT molecular complexity index is 972. The third-order valence-corrected chi connectivity index (χ3v) is 4.42. The maximum absolute atomic E-state index is 5.60. The number of nitrogens with zero attached hydrogens (tertiary/aromatic N) is 1. The van der Waals surface area contributed by atoms with E-state index in [9.17, 15) is 0 Å². The Morgan fingerprint density at radius 2 is 1.21 bits per heavy atom. The van der Waals surface area contributed by atoms with Crippen LogP contribution in [0.4, 0.5) is 0 Å². The first kappa shape index (κ1) is 20.2. The summed E-state index contributed by atoms with van der Waals surface area (Å²) in [5, 5.41) is 4.19. The van der Waals surface area contributed by atoms with Crippen molar-refractivity contribution < 1.29 is 32.9 Å². The van der Waals surface area contributed by atoms with Crippen LogP contribution in [-0.2, 0) is 0 Å². The molecule has 0 aliphatic carbocycles. The van der Waals surface area contributed by atoms with Crippen LogP contribution in [0.25, 0.3) is 22.6 Å². The summed E-state index contributed by atoms with van der Waals surface area (Å²) in [6.45, 7) is 0. The van der Waals surface area contributed by atoms with E-state index in [0.717, 1.165) is 5.56 Å². The predicted octanol–water partition coefficient (Wildman–Crippen LogP) is 4.06. The van der Waals surface area contributed by atoms with Crippen LogP contribution in [-0.4, -0.2) is 47.8 Å². The fraction of sp³-hybridized carbons (Fsp3) is 0.286. The lowest BCUT2D eigenvalue weighted by Gasteiger charge is -2.13. The summed E-state index contributed by atoms with van der Waals surface area (Å²) in [4.78, 5) is 0. The second-order valence-corrected chi connectivity index (χ2v) is 5.90. The van der Waals surface area contributed by atoms with E-state index in [2.05, 4.69) is 5.16 Å². The highest BCUT2D eigenvalue weighted by atomic mass is 16.5. The number of hydrogen-bond donors (Lipinski definition) is 0. The Morgan fingerprint density at radius 3 is 1.72 bits per heavy atom. The zero-order valence-corrected chi connectivity index (χ0v) is 17.2. The number of ether oxygens (including phenoxy) is 6. The summed E-state index contributed by atoms with van der Waals surface area (Å²) < 4.78 is 38.1. The molecule has 0 radical (unpaired) electrons. The van der Waals surface area contributed by atoms with Crippen LogP contribution < -0.4 is 28.4 Å². The Kier molecular flexibility index (Phi) is 6.01. The molecule has 0 unspecified atom stereocenters. The third-order valence-electron chi connectivity index (χ3n) is 4.42. The SMILES string of the molecule is COc1cc(OC)c(OC)c(-c2cc(-c3cc(OC)c(OC)c(OC)c3)no2)c1. The first-order chi connectivity index (χ1) is 14.1. The van der Waals surface area contributed by atoms with Crippen molar-refractivity contribution in [2.24, 2.45) is 0 Å². The van der Waals surface area contributed by atoms with Gasteiger partial charge in [0.25, 0.3) is 0 Å². The number of aromatic nitrogens is 1. The highest BCUT2D eigenvalue weighted by molar-refractivity contribution is 5.76. The summed E-state index contributed by atoms with van der Waals surface area (Å²) in [7, 11) is 9.36. The van der Waals surface area contributed by atoms with Gasteiger partial charge in [0.2, 0.25) is 5.75 Å². The van der Waals surface area contributed by atoms with Gasteiger partial charge in [0, 0.05) is 17.7 Å². The van der Waals surface area contributed by atoms with E-state index in [4.69, 9.17) is 32.9 Å². The van der Waals surface area contributed by atoms with Gasteiger partial charge < -0.3 is 32.9 Å². The molecule has 154 valence electrons. The summed E-state index contributed by atoms with van der Waals surface area (Å²) in [5.41, 5.74) is 1.97. The van der Waals surface area contributed by atoms with Gasteiger partial charge in [-0.25, -0.2) is 0 Å². The first-order valence-corrected chi connectivity index (χ1v) is 8.67. The Balaban J connectivity index is 2.11. The van der Waals surface area contributed by atoms with Gasteiger partial charge >= 0.3 is 0 Å². The van der Waals surface area contributed by atoms with Gasteiger partial charge in [0.15, 0.2) is 28.8 Å². The van der Waals surface area contributed by atoms with Crippen molar-refractivity contribution in [1.82, 2.24) is 5.16 Å². The molecule has 0 aliphatic heterocycles. The zero-order chi connectivity index (χ0) is 21.0. The van der Waals surface area contributed by atoms with Crippen LogP contribution in [0.15, 0.2) is 34.9 Å². The molecule has 0 bridgehead atoms. The minimum Gasteiger partial charge on any atom is -0.497 e. The molecule has 3 rings (SSSR count). The molecule has 0 N–H and O–H groups in total. The van der Waals surface area contributed by atoms with E-state index >= 15 is 0 Å². The Morgan fingerprint density at radius 1 is 0.621 bits per heavy atom. The normalized spacial score (nSPS) is 10.4. The second-order valence-electron chi connectivity index (χ2n) is 5.90. The van der Waals surface area contributed by atoms with Crippen LogP contribution in [0.3, 0.4) is 0 Å². The highest BCUT2D eigenvalue weighted by Crippen LogP contribution is 2.44. The van der Waals surface area contributed by atoms with E-state index in [0.29, 0.717) is 51.5 Å². The lowest BCUT2D eigenvalue weighted by atomic mass is 10.1. The molecule has 0 spiro atoms. The van der Waals surface area contributed by atoms with Gasteiger partial charge in [-0.1, -0.05) is 5.16 Å². The lowest BCUT2D eigenvalue weighted by Crippen LogP contribution is -1.95. The number of rotatable bonds is 8. The summed E-state index contributed by atoms with van der Waals surface area (Å²) in [6.07, 6.45) is 0. The number of hydrogen-bond acceptors (Lipinski definition) is 8. The van der Waals surface area contributed by atoms with Crippen LogP contribution in [0, 0.1) is 0 Å². The van der Waals surface area contributed by atoms with Gasteiger partial charge in [-0.3, -0.25) is 0 Å². The van der Waals surface area contributed by atoms with Crippen LogP contribution in [0.5, 0.6) is 34.5 Å². The molecule has 0 amide bonds. The minimum absolute atomic E-state index is 0.489. The molecular formula is C21H23NO7. The summed E-state index contributed by atoms with van der Waals surface area (Å²) in [6, 6.07) is 8.91. The van der Waals surface area contributed by atoms with Crippen molar-refractivity contribution in [3.8, 4) is 57.1 Å². The molecule has 0 saturated carbocycles. The molecule has 1 aromatic heterocycles. The molecule has 1 heterocycles. The maximum atomic E-state index is 5.60. The quantitative estimate of drug-likeness (QED) is 0.559. The molecule has 29 heavy (non-hydrogen) atoms. The standard InChI is InChI=1S/C21H23NO7/c1-23-13-9-14(20(27-5)19(10-13)26-4)16-11-15(22-29-16)12-7-17(24-2)21(28-6)18(8-12)25-3/h7-11H,1-6H3. The van der Waals surface area contributed by atoms with E-state index in [1.807, 2.05) is 0 Å². The van der Waals surface area contributed by atoms with Crippen LogP contribution in [0.2, 0.25) is 0 Å². The van der Waals surface area contributed by atoms with Gasteiger partial charge in [0.05, 0.1) is 48.2 Å². The van der Waals surface area contributed by atoms with Crippen molar-refractivity contribution in [3.05, 3.63) is 30.3 Å². The maximum Gasteiger partial charge on any atom is 0.203 e. The topological polar surface area (TPSA) is 81.4 Å². The van der Waals surface area contributed by atoms with E-state index in [1.165, 1.54) is 0 Å². The average molecular weight is 401 g/mol. The van der Waals surface area contributed by atoms with Crippen LogP contribution >= 0.6 is 0 Å². The summed E-state index contributed by atoms with van der Waals surface area (Å²) in [5.74, 6) is 3.67. The van der Waals surface area contributed by atoms with Gasteiger partial charge in [-0.05, 0) is 18.2 Å². The monoisotopic (exact) mass is 401 g/mol. The van der Waals surface area contributed by atoms with Crippen molar-refractivity contribution >= 4 is 0 Å². The fourth-order valence-electron chi connectivity index (χ4n) is 3.01. The molecule has 8 heteroatoms. The smallest absolute Gasteiger partial charge is 0.203 e. The molecular weight excluding hydrogens is 378 g/mol. The van der Waals surface area contributed by atoms with Crippen molar-refractivity contribution in [3.63, 3.8) is 0 Å². The van der Waals surface area contributed by atoms with Crippen molar-refractivity contribution in [2.45, 2.75) is 0 Å². The Labute approximate surface area is 168 Å². The molecule has 3 aromatic rings. The van der Waals surface area contributed by atoms with Gasteiger partial charge in [0.1, 0.15) is 11.4 Å². The molecule has 0 saturated heterocycles. The van der Waals surface area contributed by atoms with E-state index < -0.39 is 0 Å². The Hall–Kier alpha value is -3.55. The summed E-state index contributed by atoms with van der Waals surface area (Å²) >= 11 is 0. The third kappa shape index (κ3) is 3.73. The zero-order valence-electron chi connectivity index (χ0n) is 17.2. The largest absolute Gasteiger partial charge is 0.497 e. The lowest BCUT2D eigenvalue weighted by molar-refractivity contribution is 0.324. The minimum atomic E-state index is 0.489. The van der Waals surface area contributed by atoms with E-state index in [-0.39, 0.29) is 0 Å². The molecule has 2 aromatic carbocycles. The van der Waals surface area contributed by atoms with Crippen LogP contribution in [0.1, 0.15) is 0 Å². The highest BCUT2D eigenvalue weighted by Gasteiger charge is 2.21. The van der Waals surface area contributed by atoms with Gasteiger partial charge in [-0.15, -0.1) is 0 Å². The predicted molar refractivity (Wildman–Crippen MR) is 107 cm³/mol. The van der Waals surface area contributed by atoms with E-state index in [1.54, 1.807) is 73.0 Å². The molecule has 0 fully saturated rings. The fourth-order valence-corrected chi connectivity index (χ4v) is 3.01. The molecule has 8 nitrogen and oxygen atoms in total. The number of methoxy groups -OCH3 is 6. The molecule has 0 aliphatic rings. The van der Waals surface area contributed by atoms with Crippen molar-refractivity contribution in [2.75, 3.05) is 42.7 Å². The van der Waals surface area contributed by atoms with Crippen molar-refractivity contribution in [1.29, 1.82) is 0 Å². The van der Waals surface area contributed by atoms with Gasteiger partial charge in [-0.2, -0.15) is 0 Å². The average Bonchev–Trinajstić information content (AvgIpc) is 3.26.